The van der Waals surface area contributed by atoms with Crippen LogP contribution < -0.4 is 14.4 Å². The van der Waals surface area contributed by atoms with Crippen molar-refractivity contribution in [2.75, 3.05) is 31.7 Å². The highest BCUT2D eigenvalue weighted by molar-refractivity contribution is 8.03. The summed E-state index contributed by atoms with van der Waals surface area (Å²) in [5.41, 5.74) is 3.88. The highest BCUT2D eigenvalue weighted by Crippen LogP contribution is 2.44. The molecule has 0 unspecified atom stereocenters. The van der Waals surface area contributed by atoms with E-state index in [-0.39, 0.29) is 18.2 Å². The van der Waals surface area contributed by atoms with Crippen LogP contribution in [-0.2, 0) is 11.2 Å². The maximum atomic E-state index is 13.1. The lowest BCUT2D eigenvalue weighted by Gasteiger charge is -2.42. The number of rotatable bonds is 5. The van der Waals surface area contributed by atoms with E-state index in [0.29, 0.717) is 29.6 Å². The van der Waals surface area contributed by atoms with Gasteiger partial charge in [-0.3, -0.25) is 9.69 Å². The van der Waals surface area contributed by atoms with Gasteiger partial charge >= 0.3 is 0 Å². The van der Waals surface area contributed by atoms with Crippen LogP contribution in [0.5, 0.6) is 11.5 Å². The second-order valence-corrected chi connectivity index (χ2v) is 8.43. The van der Waals surface area contributed by atoms with Crippen LogP contribution in [0.25, 0.3) is 0 Å². The van der Waals surface area contributed by atoms with Gasteiger partial charge in [0.1, 0.15) is 0 Å². The van der Waals surface area contributed by atoms with Crippen molar-refractivity contribution in [3.63, 3.8) is 0 Å². The highest BCUT2D eigenvalue weighted by atomic mass is 32.2. The molecular weight excluding hydrogens is 410 g/mol. The Morgan fingerprint density at radius 1 is 1.13 bits per heavy atom. The zero-order chi connectivity index (χ0) is 22.0. The number of fused-ring (bicyclic) bond motifs is 1. The van der Waals surface area contributed by atoms with Crippen LogP contribution in [0.4, 0.5) is 5.69 Å². The van der Waals surface area contributed by atoms with Crippen molar-refractivity contribution in [2.45, 2.75) is 25.7 Å². The molecule has 0 bridgehead atoms. The molecule has 7 heteroatoms. The summed E-state index contributed by atoms with van der Waals surface area (Å²) in [6, 6.07) is 16.4. The number of carbonyl (C=O) groups is 1. The molecule has 2 aliphatic heterocycles. The summed E-state index contributed by atoms with van der Waals surface area (Å²) in [5, 5.41) is 10.8. The zero-order valence-electron chi connectivity index (χ0n) is 17.9. The van der Waals surface area contributed by atoms with Gasteiger partial charge in [0.25, 0.3) is 0 Å². The number of benzene rings is 2. The Hall–Kier alpha value is -3.11. The van der Waals surface area contributed by atoms with Crippen molar-refractivity contribution >= 4 is 23.4 Å². The second-order valence-electron chi connectivity index (χ2n) is 7.50. The molecule has 0 spiro atoms. The summed E-state index contributed by atoms with van der Waals surface area (Å²) in [6.07, 6.45) is 1.25. The fourth-order valence-corrected chi connectivity index (χ4v) is 5.19. The molecule has 1 fully saturated rings. The Labute approximate surface area is 187 Å². The minimum absolute atomic E-state index is 0.0242. The first-order chi connectivity index (χ1) is 15.1. The Morgan fingerprint density at radius 2 is 1.87 bits per heavy atom. The molecule has 2 aromatic rings. The van der Waals surface area contributed by atoms with Gasteiger partial charge in [0.2, 0.25) is 5.91 Å². The van der Waals surface area contributed by atoms with Crippen LogP contribution in [0.3, 0.4) is 0 Å². The maximum Gasteiger partial charge on any atom is 0.229 e. The first-order valence-electron chi connectivity index (χ1n) is 10.2. The van der Waals surface area contributed by atoms with Crippen molar-refractivity contribution in [1.82, 2.24) is 4.90 Å². The van der Waals surface area contributed by atoms with E-state index in [0.717, 1.165) is 22.7 Å². The molecule has 1 amide bonds. The topological polar surface area (TPSA) is 65.8 Å². The predicted octanol–water partition coefficient (Wildman–Crippen LogP) is 4.49. The standard InChI is InChI=1S/C24H25N3O3S/c1-4-16-5-8-18(9-6-16)26-14-27-23(28)12-19(20(13-25)24(27)31-15-26)17-7-10-21(29-2)22(11-17)30-3/h5-11,19H,4,12,14-15H2,1-3H3/t19-/m0/s1. The first-order valence-corrected chi connectivity index (χ1v) is 11.2. The lowest BCUT2D eigenvalue weighted by Crippen LogP contribution is -2.47. The average Bonchev–Trinajstić information content (AvgIpc) is 2.83. The molecule has 0 aromatic heterocycles. The van der Waals surface area contributed by atoms with Gasteiger partial charge in [-0.25, -0.2) is 0 Å². The van der Waals surface area contributed by atoms with Crippen LogP contribution in [0.2, 0.25) is 0 Å². The molecular formula is C24H25N3O3S. The smallest absolute Gasteiger partial charge is 0.229 e. The molecule has 1 saturated heterocycles. The molecule has 1 atom stereocenters. The SMILES string of the molecule is CCc1ccc(N2CSC3=C(C#N)[C@H](c4ccc(OC)c(OC)c4)CC(=O)N3C2)cc1. The molecule has 2 heterocycles. The van der Waals surface area contributed by atoms with E-state index in [4.69, 9.17) is 9.47 Å². The number of methoxy groups -OCH3 is 2. The molecule has 31 heavy (non-hydrogen) atoms. The Balaban J connectivity index is 1.64. The Morgan fingerprint density at radius 3 is 2.52 bits per heavy atom. The van der Waals surface area contributed by atoms with E-state index < -0.39 is 0 Å². The van der Waals surface area contributed by atoms with Crippen molar-refractivity contribution < 1.29 is 14.3 Å². The molecule has 160 valence electrons. The number of thioether (sulfide) groups is 1. The van der Waals surface area contributed by atoms with Gasteiger partial charge in [-0.2, -0.15) is 5.26 Å². The Bertz CT molecular complexity index is 1060. The minimum atomic E-state index is -0.286. The van der Waals surface area contributed by atoms with Crippen LogP contribution in [-0.4, -0.2) is 37.6 Å². The molecule has 2 aliphatic rings. The van der Waals surface area contributed by atoms with E-state index in [1.807, 2.05) is 18.2 Å². The average molecular weight is 436 g/mol. The summed E-state index contributed by atoms with van der Waals surface area (Å²) in [5.74, 6) is 1.64. The summed E-state index contributed by atoms with van der Waals surface area (Å²) >= 11 is 1.54. The largest absolute Gasteiger partial charge is 0.493 e. The molecule has 2 aromatic carbocycles. The third kappa shape index (κ3) is 3.96. The number of ether oxygens (including phenoxy) is 2. The van der Waals surface area contributed by atoms with E-state index in [1.165, 1.54) is 5.56 Å². The van der Waals surface area contributed by atoms with Gasteiger partial charge in [0.05, 0.1) is 43.4 Å². The van der Waals surface area contributed by atoms with Crippen molar-refractivity contribution in [3.8, 4) is 17.6 Å². The van der Waals surface area contributed by atoms with Crippen LogP contribution in [0.1, 0.15) is 30.4 Å². The van der Waals surface area contributed by atoms with E-state index in [1.54, 1.807) is 30.9 Å². The normalized spacial score (nSPS) is 18.5. The number of hydrogen-bond donors (Lipinski definition) is 0. The molecule has 4 rings (SSSR count). The van der Waals surface area contributed by atoms with Gasteiger partial charge in [0, 0.05) is 18.0 Å². The van der Waals surface area contributed by atoms with Gasteiger partial charge < -0.3 is 14.4 Å². The number of nitriles is 1. The second kappa shape index (κ2) is 8.94. The number of allylic oxidation sites excluding steroid dienone is 1. The summed E-state index contributed by atoms with van der Waals surface area (Å²) in [7, 11) is 3.17. The quantitative estimate of drug-likeness (QED) is 0.690. The number of nitrogens with zero attached hydrogens (tertiary/aromatic N) is 3. The van der Waals surface area contributed by atoms with Crippen LogP contribution in [0, 0.1) is 11.3 Å². The van der Waals surface area contributed by atoms with Gasteiger partial charge in [0.15, 0.2) is 11.5 Å². The van der Waals surface area contributed by atoms with Gasteiger partial charge in [-0.15, -0.1) is 0 Å². The third-order valence-corrected chi connectivity index (χ3v) is 6.97. The summed E-state index contributed by atoms with van der Waals surface area (Å²) < 4.78 is 10.7. The van der Waals surface area contributed by atoms with Crippen LogP contribution in [0.15, 0.2) is 53.1 Å². The Kier molecular flexibility index (Phi) is 6.10. The minimum Gasteiger partial charge on any atom is -0.493 e. The zero-order valence-corrected chi connectivity index (χ0v) is 18.7. The highest BCUT2D eigenvalue weighted by Gasteiger charge is 2.38. The van der Waals surface area contributed by atoms with Gasteiger partial charge in [-0.05, 0) is 41.8 Å². The van der Waals surface area contributed by atoms with E-state index >= 15 is 0 Å². The van der Waals surface area contributed by atoms with Crippen molar-refractivity contribution in [3.05, 3.63) is 64.2 Å². The lowest BCUT2D eigenvalue weighted by atomic mass is 9.86. The molecule has 0 saturated carbocycles. The fraction of sp³-hybridized carbons (Fsp3) is 0.333. The predicted molar refractivity (Wildman–Crippen MR) is 122 cm³/mol. The lowest BCUT2D eigenvalue weighted by molar-refractivity contribution is -0.129. The van der Waals surface area contributed by atoms with E-state index in [2.05, 4.69) is 42.2 Å². The molecule has 6 nitrogen and oxygen atoms in total. The molecule has 0 aliphatic carbocycles. The van der Waals surface area contributed by atoms with Crippen LogP contribution >= 0.6 is 11.8 Å². The number of carbonyl (C=O) groups excluding carboxylic acids is 1. The number of amides is 1. The maximum absolute atomic E-state index is 13.1. The monoisotopic (exact) mass is 435 g/mol. The fourth-order valence-electron chi connectivity index (χ4n) is 4.02. The van der Waals surface area contributed by atoms with E-state index in [9.17, 15) is 10.1 Å². The molecule has 0 N–H and O–H groups in total. The van der Waals surface area contributed by atoms with Gasteiger partial charge in [-0.1, -0.05) is 36.9 Å². The number of aryl methyl sites for hydroxylation is 1. The molecule has 0 radical (unpaired) electrons. The van der Waals surface area contributed by atoms with Crippen molar-refractivity contribution in [1.29, 1.82) is 5.26 Å². The third-order valence-electron chi connectivity index (χ3n) is 5.81. The number of hydrogen-bond acceptors (Lipinski definition) is 6. The first kappa shape index (κ1) is 21.1. The van der Waals surface area contributed by atoms with Crippen molar-refractivity contribution in [2.24, 2.45) is 0 Å². The number of anilines is 1. The summed E-state index contributed by atoms with van der Waals surface area (Å²) in [4.78, 5) is 17.0. The summed E-state index contributed by atoms with van der Waals surface area (Å²) in [6.45, 7) is 2.59.